The lowest BCUT2D eigenvalue weighted by atomic mass is 10.1. The summed E-state index contributed by atoms with van der Waals surface area (Å²) in [7, 11) is 0. The highest BCUT2D eigenvalue weighted by Gasteiger charge is 2.15. The SMILES string of the molecule is Cc1cccc([N+](=O)[O-])c1NCc1ccc(C#N)cc1F. The van der Waals surface area contributed by atoms with E-state index in [0.29, 0.717) is 16.8 Å². The first-order valence-electron chi connectivity index (χ1n) is 6.19. The third-order valence-electron chi connectivity index (χ3n) is 3.09. The zero-order chi connectivity index (χ0) is 15.4. The molecule has 0 atom stereocenters. The molecule has 21 heavy (non-hydrogen) atoms. The molecule has 0 aliphatic rings. The molecular formula is C15H12FN3O2. The summed E-state index contributed by atoms with van der Waals surface area (Å²) in [4.78, 5) is 10.5. The van der Waals surface area contributed by atoms with Gasteiger partial charge in [0, 0.05) is 18.2 Å². The van der Waals surface area contributed by atoms with Crippen molar-refractivity contribution in [2.75, 3.05) is 5.32 Å². The van der Waals surface area contributed by atoms with Gasteiger partial charge in [-0.1, -0.05) is 18.2 Å². The number of halogens is 1. The second kappa shape index (κ2) is 6.01. The fourth-order valence-corrected chi connectivity index (χ4v) is 1.98. The molecule has 0 fully saturated rings. The third-order valence-corrected chi connectivity index (χ3v) is 3.09. The van der Waals surface area contributed by atoms with Crippen LogP contribution < -0.4 is 5.32 Å². The summed E-state index contributed by atoms with van der Waals surface area (Å²) in [6.07, 6.45) is 0. The lowest BCUT2D eigenvalue weighted by Gasteiger charge is -2.10. The maximum absolute atomic E-state index is 13.8. The van der Waals surface area contributed by atoms with Crippen LogP contribution in [0, 0.1) is 34.2 Å². The van der Waals surface area contributed by atoms with Crippen molar-refractivity contribution >= 4 is 11.4 Å². The molecule has 0 aromatic heterocycles. The van der Waals surface area contributed by atoms with Gasteiger partial charge < -0.3 is 5.32 Å². The number of nitrogens with one attached hydrogen (secondary N) is 1. The quantitative estimate of drug-likeness (QED) is 0.688. The molecule has 0 spiro atoms. The number of benzene rings is 2. The van der Waals surface area contributed by atoms with Gasteiger partial charge in [-0.25, -0.2) is 4.39 Å². The lowest BCUT2D eigenvalue weighted by molar-refractivity contribution is -0.384. The number of nitro benzene ring substituents is 1. The Balaban J connectivity index is 2.25. The van der Waals surface area contributed by atoms with Crippen LogP contribution in [0.5, 0.6) is 0 Å². The molecule has 106 valence electrons. The Morgan fingerprint density at radius 2 is 2.14 bits per heavy atom. The van der Waals surface area contributed by atoms with Gasteiger partial charge >= 0.3 is 0 Å². The predicted octanol–water partition coefficient (Wildman–Crippen LogP) is 3.53. The minimum atomic E-state index is -0.516. The molecule has 0 saturated heterocycles. The summed E-state index contributed by atoms with van der Waals surface area (Å²) in [5.74, 6) is -0.516. The zero-order valence-electron chi connectivity index (χ0n) is 11.3. The van der Waals surface area contributed by atoms with Gasteiger partial charge in [-0.15, -0.1) is 0 Å². The summed E-state index contributed by atoms with van der Waals surface area (Å²) in [5.41, 5.74) is 1.60. The number of aryl methyl sites for hydroxylation is 1. The third kappa shape index (κ3) is 3.15. The number of nitrogens with zero attached hydrogens (tertiary/aromatic N) is 2. The van der Waals surface area contributed by atoms with Crippen LogP contribution >= 0.6 is 0 Å². The maximum atomic E-state index is 13.8. The maximum Gasteiger partial charge on any atom is 0.292 e. The Kier molecular flexibility index (Phi) is 4.14. The number of rotatable bonds is 4. The topological polar surface area (TPSA) is 79.0 Å². The summed E-state index contributed by atoms with van der Waals surface area (Å²) in [6.45, 7) is 1.84. The van der Waals surface area contributed by atoms with Crippen molar-refractivity contribution in [3.8, 4) is 6.07 Å². The van der Waals surface area contributed by atoms with Crippen LogP contribution in [0.2, 0.25) is 0 Å². The van der Waals surface area contributed by atoms with Gasteiger partial charge in [-0.3, -0.25) is 10.1 Å². The van der Waals surface area contributed by atoms with E-state index in [4.69, 9.17) is 5.26 Å². The molecule has 0 aliphatic heterocycles. The molecule has 2 rings (SSSR count). The number of hydrogen-bond donors (Lipinski definition) is 1. The Morgan fingerprint density at radius 1 is 1.38 bits per heavy atom. The van der Waals surface area contributed by atoms with Crippen LogP contribution in [-0.4, -0.2) is 4.92 Å². The molecule has 0 aliphatic carbocycles. The minimum Gasteiger partial charge on any atom is -0.375 e. The highest BCUT2D eigenvalue weighted by Crippen LogP contribution is 2.28. The van der Waals surface area contributed by atoms with Crippen molar-refractivity contribution < 1.29 is 9.31 Å². The monoisotopic (exact) mass is 285 g/mol. The van der Waals surface area contributed by atoms with E-state index in [0.717, 1.165) is 6.07 Å². The molecule has 5 nitrogen and oxygen atoms in total. The second-order valence-corrected chi connectivity index (χ2v) is 4.50. The van der Waals surface area contributed by atoms with Crippen molar-refractivity contribution in [2.24, 2.45) is 0 Å². The normalized spacial score (nSPS) is 9.95. The zero-order valence-corrected chi connectivity index (χ0v) is 11.3. The van der Waals surface area contributed by atoms with Gasteiger partial charge in [0.25, 0.3) is 5.69 Å². The average Bonchev–Trinajstić information content (AvgIpc) is 2.46. The Labute approximate surface area is 120 Å². The van der Waals surface area contributed by atoms with Crippen molar-refractivity contribution in [1.29, 1.82) is 5.26 Å². The first-order valence-corrected chi connectivity index (χ1v) is 6.19. The minimum absolute atomic E-state index is 0.0518. The molecular weight excluding hydrogens is 273 g/mol. The molecule has 0 unspecified atom stereocenters. The summed E-state index contributed by atoms with van der Waals surface area (Å²) in [6, 6.07) is 10.7. The van der Waals surface area contributed by atoms with Crippen molar-refractivity contribution in [3.05, 3.63) is 69.0 Å². The molecule has 2 aromatic carbocycles. The van der Waals surface area contributed by atoms with E-state index in [1.54, 1.807) is 19.1 Å². The first-order chi connectivity index (χ1) is 10.0. The molecule has 2 aromatic rings. The number of nitriles is 1. The van der Waals surface area contributed by atoms with Crippen molar-refractivity contribution in [2.45, 2.75) is 13.5 Å². The van der Waals surface area contributed by atoms with Gasteiger partial charge in [0.15, 0.2) is 0 Å². The van der Waals surface area contributed by atoms with Gasteiger partial charge in [0.1, 0.15) is 11.5 Å². The van der Waals surface area contributed by atoms with Crippen LogP contribution in [0.15, 0.2) is 36.4 Å². The average molecular weight is 285 g/mol. The van der Waals surface area contributed by atoms with Gasteiger partial charge in [-0.2, -0.15) is 5.26 Å². The Bertz CT molecular complexity index is 738. The van der Waals surface area contributed by atoms with E-state index in [-0.39, 0.29) is 17.8 Å². The van der Waals surface area contributed by atoms with Gasteiger partial charge in [-0.05, 0) is 24.6 Å². The number of nitro groups is 1. The molecule has 6 heteroatoms. The molecule has 0 bridgehead atoms. The molecule has 1 N–H and O–H groups in total. The Hall–Kier alpha value is -2.94. The van der Waals surface area contributed by atoms with Crippen LogP contribution in [0.4, 0.5) is 15.8 Å². The van der Waals surface area contributed by atoms with E-state index >= 15 is 0 Å². The highest BCUT2D eigenvalue weighted by atomic mass is 19.1. The van der Waals surface area contributed by atoms with Crippen LogP contribution in [0.25, 0.3) is 0 Å². The fraction of sp³-hybridized carbons (Fsp3) is 0.133. The van der Waals surface area contributed by atoms with Gasteiger partial charge in [0.2, 0.25) is 0 Å². The second-order valence-electron chi connectivity index (χ2n) is 4.50. The molecule has 0 saturated carbocycles. The fourth-order valence-electron chi connectivity index (χ4n) is 1.98. The van der Waals surface area contributed by atoms with E-state index < -0.39 is 10.7 Å². The number of anilines is 1. The molecule has 0 radical (unpaired) electrons. The van der Waals surface area contributed by atoms with Crippen LogP contribution in [0.1, 0.15) is 16.7 Å². The predicted molar refractivity (Wildman–Crippen MR) is 76.3 cm³/mol. The van der Waals surface area contributed by atoms with E-state index in [1.807, 2.05) is 6.07 Å². The molecule has 0 amide bonds. The standard InChI is InChI=1S/C15H12FN3O2/c1-10-3-2-4-14(19(20)21)15(10)18-9-12-6-5-11(8-17)7-13(12)16/h2-7,18H,9H2,1H3. The smallest absolute Gasteiger partial charge is 0.292 e. The van der Waals surface area contributed by atoms with Crippen molar-refractivity contribution in [1.82, 2.24) is 0 Å². The molecule has 0 heterocycles. The summed E-state index contributed by atoms with van der Waals surface area (Å²) < 4.78 is 13.8. The number of hydrogen-bond acceptors (Lipinski definition) is 4. The van der Waals surface area contributed by atoms with Crippen LogP contribution in [0.3, 0.4) is 0 Å². The van der Waals surface area contributed by atoms with Gasteiger partial charge in [0.05, 0.1) is 16.6 Å². The number of para-hydroxylation sites is 1. The van der Waals surface area contributed by atoms with E-state index in [1.165, 1.54) is 18.2 Å². The lowest BCUT2D eigenvalue weighted by Crippen LogP contribution is -2.06. The summed E-state index contributed by atoms with van der Waals surface area (Å²) >= 11 is 0. The van der Waals surface area contributed by atoms with E-state index in [9.17, 15) is 14.5 Å². The van der Waals surface area contributed by atoms with Crippen molar-refractivity contribution in [3.63, 3.8) is 0 Å². The highest BCUT2D eigenvalue weighted by molar-refractivity contribution is 5.66. The Morgan fingerprint density at radius 3 is 2.76 bits per heavy atom. The largest absolute Gasteiger partial charge is 0.375 e. The van der Waals surface area contributed by atoms with Crippen LogP contribution in [-0.2, 0) is 6.54 Å². The summed E-state index contributed by atoms with van der Waals surface area (Å²) in [5, 5.41) is 22.6. The van der Waals surface area contributed by atoms with E-state index in [2.05, 4.69) is 5.32 Å². The first kappa shape index (κ1) is 14.5.